The highest BCUT2D eigenvalue weighted by molar-refractivity contribution is 9.10. The highest BCUT2D eigenvalue weighted by Gasteiger charge is 2.30. The molecule has 1 aliphatic heterocycles. The van der Waals surface area contributed by atoms with Gasteiger partial charge in [0, 0.05) is 28.0 Å². The summed E-state index contributed by atoms with van der Waals surface area (Å²) in [6.07, 6.45) is 0.921. The molecule has 0 aliphatic carbocycles. The predicted octanol–water partition coefficient (Wildman–Crippen LogP) is 5.01. The van der Waals surface area contributed by atoms with Crippen molar-refractivity contribution in [1.82, 2.24) is 4.90 Å². The second kappa shape index (κ2) is 8.44. The van der Waals surface area contributed by atoms with E-state index in [1.165, 1.54) is 22.6 Å². The van der Waals surface area contributed by atoms with E-state index in [9.17, 15) is 14.9 Å². The Morgan fingerprint density at radius 2 is 2.03 bits per heavy atom. The Kier molecular flexibility index (Phi) is 5.75. The van der Waals surface area contributed by atoms with E-state index in [-0.39, 0.29) is 24.2 Å². The molecule has 6 nitrogen and oxygen atoms in total. The number of amides is 1. The van der Waals surface area contributed by atoms with Crippen LogP contribution in [0.1, 0.15) is 22.0 Å². The fourth-order valence-electron chi connectivity index (χ4n) is 3.66. The van der Waals surface area contributed by atoms with Gasteiger partial charge in [-0.2, -0.15) is 0 Å². The number of non-ortho nitro benzene ring substituents is 1. The lowest BCUT2D eigenvalue weighted by molar-refractivity contribution is -0.384. The van der Waals surface area contributed by atoms with Gasteiger partial charge in [0.2, 0.25) is 5.91 Å². The van der Waals surface area contributed by atoms with Gasteiger partial charge < -0.3 is 5.32 Å². The van der Waals surface area contributed by atoms with Crippen molar-refractivity contribution in [1.29, 1.82) is 0 Å². The molecule has 4 rings (SSSR count). The molecule has 3 aromatic rings. The first-order chi connectivity index (χ1) is 14.0. The van der Waals surface area contributed by atoms with Gasteiger partial charge in [-0.05, 0) is 51.0 Å². The van der Waals surface area contributed by atoms with Crippen LogP contribution in [0.2, 0.25) is 0 Å². The molecule has 1 aliphatic rings. The third-order valence-corrected chi connectivity index (χ3v) is 6.62. The van der Waals surface area contributed by atoms with Crippen LogP contribution in [0.4, 0.5) is 11.4 Å². The quantitative estimate of drug-likeness (QED) is 0.419. The van der Waals surface area contributed by atoms with Gasteiger partial charge in [0.15, 0.2) is 0 Å². The first-order valence-corrected chi connectivity index (χ1v) is 10.8. The fourth-order valence-corrected chi connectivity index (χ4v) is 5.03. The van der Waals surface area contributed by atoms with E-state index in [2.05, 4.69) is 49.7 Å². The van der Waals surface area contributed by atoms with E-state index < -0.39 is 4.92 Å². The van der Waals surface area contributed by atoms with Crippen LogP contribution >= 0.6 is 27.3 Å². The monoisotopic (exact) mass is 471 g/mol. The van der Waals surface area contributed by atoms with Gasteiger partial charge in [-0.15, -0.1) is 11.3 Å². The second-order valence-electron chi connectivity index (χ2n) is 6.80. The smallest absolute Gasteiger partial charge is 0.270 e. The average Bonchev–Trinajstić information content (AvgIpc) is 3.18. The van der Waals surface area contributed by atoms with Gasteiger partial charge in [0.25, 0.3) is 5.69 Å². The zero-order valence-electron chi connectivity index (χ0n) is 15.4. The van der Waals surface area contributed by atoms with E-state index in [1.54, 1.807) is 17.4 Å². The normalized spacial score (nSPS) is 16.2. The number of carbonyl (C=O) groups excluding carboxylic acids is 1. The zero-order chi connectivity index (χ0) is 20.4. The van der Waals surface area contributed by atoms with E-state index in [0.717, 1.165) is 18.5 Å². The van der Waals surface area contributed by atoms with Crippen molar-refractivity contribution in [3.05, 3.63) is 90.6 Å². The SMILES string of the molecule is O=C(CN1CCc2sccc2[C@@H]1c1ccccc1)Nc1ccc([N+](=O)[O-])cc1Br. The molecule has 0 bridgehead atoms. The molecule has 1 amide bonds. The van der Waals surface area contributed by atoms with Crippen LogP contribution in [-0.4, -0.2) is 28.8 Å². The molecule has 1 atom stereocenters. The van der Waals surface area contributed by atoms with Crippen molar-refractivity contribution >= 4 is 44.5 Å². The van der Waals surface area contributed by atoms with Crippen molar-refractivity contribution in [2.45, 2.75) is 12.5 Å². The molecule has 2 heterocycles. The summed E-state index contributed by atoms with van der Waals surface area (Å²) in [7, 11) is 0. The minimum atomic E-state index is -0.465. The standard InChI is InChI=1S/C21H18BrN3O3S/c22-17-12-15(25(27)28)6-7-18(17)23-20(26)13-24-10-8-19-16(9-11-29-19)21(24)14-4-2-1-3-5-14/h1-7,9,11-12,21H,8,10,13H2,(H,23,26)/t21-/m0/s1. The molecule has 0 spiro atoms. The van der Waals surface area contributed by atoms with E-state index >= 15 is 0 Å². The zero-order valence-corrected chi connectivity index (χ0v) is 17.8. The Bertz CT molecular complexity index is 1050. The van der Waals surface area contributed by atoms with E-state index in [0.29, 0.717) is 10.2 Å². The van der Waals surface area contributed by atoms with Crippen molar-refractivity contribution in [2.75, 3.05) is 18.4 Å². The Hall–Kier alpha value is -2.55. The molecule has 0 unspecified atom stereocenters. The number of nitro groups is 1. The van der Waals surface area contributed by atoms with Crippen LogP contribution in [0.15, 0.2) is 64.5 Å². The van der Waals surface area contributed by atoms with E-state index in [1.807, 2.05) is 18.2 Å². The fraction of sp³-hybridized carbons (Fsp3) is 0.190. The Labute approximate surface area is 180 Å². The number of nitrogens with zero attached hydrogens (tertiary/aromatic N) is 2. The van der Waals surface area contributed by atoms with Gasteiger partial charge in [0.1, 0.15) is 0 Å². The lowest BCUT2D eigenvalue weighted by Crippen LogP contribution is -2.40. The summed E-state index contributed by atoms with van der Waals surface area (Å²) in [5.74, 6) is -0.154. The average molecular weight is 472 g/mol. The Morgan fingerprint density at radius 3 is 2.76 bits per heavy atom. The maximum absolute atomic E-state index is 12.8. The van der Waals surface area contributed by atoms with Crippen LogP contribution in [0.5, 0.6) is 0 Å². The summed E-state index contributed by atoms with van der Waals surface area (Å²) in [6.45, 7) is 1.03. The van der Waals surface area contributed by atoms with E-state index in [4.69, 9.17) is 0 Å². The van der Waals surface area contributed by atoms with Gasteiger partial charge in [0.05, 0.1) is 23.2 Å². The number of benzene rings is 2. The molecule has 0 fully saturated rings. The van der Waals surface area contributed by atoms with Crippen molar-refractivity contribution < 1.29 is 9.72 Å². The third kappa shape index (κ3) is 4.24. The topological polar surface area (TPSA) is 75.5 Å². The number of hydrogen-bond acceptors (Lipinski definition) is 5. The number of anilines is 1. The second-order valence-corrected chi connectivity index (χ2v) is 8.66. The molecule has 0 saturated heterocycles. The number of halogens is 1. The molecule has 8 heteroatoms. The highest BCUT2D eigenvalue weighted by atomic mass is 79.9. The lowest BCUT2D eigenvalue weighted by Gasteiger charge is -2.35. The molecule has 148 valence electrons. The third-order valence-electron chi connectivity index (χ3n) is 4.97. The number of thiophene rings is 1. The summed E-state index contributed by atoms with van der Waals surface area (Å²) in [6, 6.07) is 16.7. The first-order valence-electron chi connectivity index (χ1n) is 9.12. The number of nitro benzene ring substituents is 1. The maximum atomic E-state index is 12.8. The molecule has 2 aromatic carbocycles. The predicted molar refractivity (Wildman–Crippen MR) is 117 cm³/mol. The van der Waals surface area contributed by atoms with Gasteiger partial charge in [-0.25, -0.2) is 0 Å². The number of nitrogens with one attached hydrogen (secondary N) is 1. The lowest BCUT2D eigenvalue weighted by atomic mass is 9.93. The minimum Gasteiger partial charge on any atom is -0.324 e. The molecule has 1 N–H and O–H groups in total. The first kappa shape index (κ1) is 19.8. The van der Waals surface area contributed by atoms with Crippen molar-refractivity contribution in [3.63, 3.8) is 0 Å². The van der Waals surface area contributed by atoms with Gasteiger partial charge in [-0.1, -0.05) is 30.3 Å². The molecular formula is C21H18BrN3O3S. The number of fused-ring (bicyclic) bond motifs is 1. The summed E-state index contributed by atoms with van der Waals surface area (Å²) in [5, 5.41) is 15.9. The van der Waals surface area contributed by atoms with Gasteiger partial charge >= 0.3 is 0 Å². The number of hydrogen-bond donors (Lipinski definition) is 1. The van der Waals surface area contributed by atoms with Crippen LogP contribution in [0, 0.1) is 10.1 Å². The Balaban J connectivity index is 1.53. The summed E-state index contributed by atoms with van der Waals surface area (Å²) < 4.78 is 0.485. The van der Waals surface area contributed by atoms with Crippen LogP contribution in [0.25, 0.3) is 0 Å². The molecular weight excluding hydrogens is 454 g/mol. The Morgan fingerprint density at radius 1 is 1.24 bits per heavy atom. The molecule has 29 heavy (non-hydrogen) atoms. The number of carbonyl (C=O) groups is 1. The minimum absolute atomic E-state index is 0.0277. The number of rotatable bonds is 5. The van der Waals surface area contributed by atoms with Crippen molar-refractivity contribution in [3.8, 4) is 0 Å². The van der Waals surface area contributed by atoms with Crippen LogP contribution < -0.4 is 5.32 Å². The molecule has 1 aromatic heterocycles. The summed E-state index contributed by atoms with van der Waals surface area (Å²) in [5.41, 5.74) is 2.91. The van der Waals surface area contributed by atoms with Crippen LogP contribution in [-0.2, 0) is 11.2 Å². The summed E-state index contributed by atoms with van der Waals surface area (Å²) >= 11 is 5.07. The van der Waals surface area contributed by atoms with Crippen molar-refractivity contribution in [2.24, 2.45) is 0 Å². The van der Waals surface area contributed by atoms with Gasteiger partial charge in [-0.3, -0.25) is 19.8 Å². The molecule has 0 saturated carbocycles. The summed E-state index contributed by atoms with van der Waals surface area (Å²) in [4.78, 5) is 26.7. The largest absolute Gasteiger partial charge is 0.324 e. The molecule has 0 radical (unpaired) electrons. The van der Waals surface area contributed by atoms with Crippen LogP contribution in [0.3, 0.4) is 0 Å². The maximum Gasteiger partial charge on any atom is 0.270 e. The highest BCUT2D eigenvalue weighted by Crippen LogP contribution is 2.37.